The van der Waals surface area contributed by atoms with Crippen molar-refractivity contribution in [2.24, 2.45) is 0 Å². The molecule has 2 N–H and O–H groups in total. The Morgan fingerprint density at radius 1 is 1.56 bits per heavy atom. The fourth-order valence-electron chi connectivity index (χ4n) is 1.43. The van der Waals surface area contributed by atoms with Crippen molar-refractivity contribution in [3.63, 3.8) is 0 Å². The highest BCUT2D eigenvalue weighted by Crippen LogP contribution is 2.31. The summed E-state index contributed by atoms with van der Waals surface area (Å²) >= 11 is 0. The van der Waals surface area contributed by atoms with Gasteiger partial charge in [-0.15, -0.1) is 0 Å². The number of carboxylic acids is 1. The van der Waals surface area contributed by atoms with Gasteiger partial charge in [0.15, 0.2) is 0 Å². The maximum atomic E-state index is 11.0. The number of anilines is 1. The van der Waals surface area contributed by atoms with Crippen molar-refractivity contribution in [3.05, 3.63) is 22.2 Å². The van der Waals surface area contributed by atoms with Crippen LogP contribution in [0.1, 0.15) is 6.92 Å². The number of rotatable bonds is 4. The fraction of sp³-hybridized carbons (Fsp3) is 0.222. The van der Waals surface area contributed by atoms with E-state index in [1.165, 1.54) is 19.1 Å². The minimum absolute atomic E-state index is 0.0254. The third-order valence-electron chi connectivity index (χ3n) is 2.33. The maximum absolute atomic E-state index is 11.0. The van der Waals surface area contributed by atoms with Gasteiger partial charge in [-0.2, -0.15) is 0 Å². The van der Waals surface area contributed by atoms with Crippen LogP contribution in [0.2, 0.25) is 0 Å². The summed E-state index contributed by atoms with van der Waals surface area (Å²) in [6.45, 7) is 1.37. The van der Waals surface area contributed by atoms with Crippen LogP contribution in [0.5, 0.6) is 0 Å². The molecule has 0 fully saturated rings. The Labute approximate surface area is 99.5 Å². The first-order chi connectivity index (χ1) is 8.50. The van der Waals surface area contributed by atoms with Crippen molar-refractivity contribution in [2.75, 3.05) is 5.32 Å². The predicted molar refractivity (Wildman–Crippen MR) is 59.2 cm³/mol. The van der Waals surface area contributed by atoms with Gasteiger partial charge in [0.1, 0.15) is 17.2 Å². The summed E-state index contributed by atoms with van der Waals surface area (Å²) in [6, 6.07) is 1.85. The fourth-order valence-corrected chi connectivity index (χ4v) is 1.43. The molecular weight excluding hydrogens is 244 g/mol. The lowest BCUT2D eigenvalue weighted by atomic mass is 10.2. The van der Waals surface area contributed by atoms with Crippen LogP contribution in [0.4, 0.5) is 11.4 Å². The smallest absolute Gasteiger partial charge is 0.325 e. The summed E-state index contributed by atoms with van der Waals surface area (Å²) < 4.78 is 4.41. The Morgan fingerprint density at radius 2 is 2.28 bits per heavy atom. The number of aliphatic carboxylic acids is 1. The molecule has 0 aliphatic carbocycles. The second-order valence-corrected chi connectivity index (χ2v) is 3.56. The Hall–Kier alpha value is -2.71. The Bertz CT molecular complexity index is 622. The first kappa shape index (κ1) is 11.8. The zero-order valence-corrected chi connectivity index (χ0v) is 9.15. The number of nitrogens with zero attached hydrogens (tertiary/aromatic N) is 3. The molecule has 9 heteroatoms. The standard InChI is InChI=1S/C9H8N4O5/c1-4(9(14)15)10-6-3-2-5-7(12-18-11-5)8(6)13(16)17/h2-4,10H,1H3,(H,14,15)/t4-/m0/s1. The van der Waals surface area contributed by atoms with Crippen molar-refractivity contribution >= 4 is 28.4 Å². The molecule has 1 atom stereocenters. The van der Waals surface area contributed by atoms with Gasteiger partial charge in [0.2, 0.25) is 5.52 Å². The van der Waals surface area contributed by atoms with Gasteiger partial charge in [-0.3, -0.25) is 14.9 Å². The number of fused-ring (bicyclic) bond motifs is 1. The van der Waals surface area contributed by atoms with Gasteiger partial charge in [0, 0.05) is 0 Å². The molecule has 1 heterocycles. The van der Waals surface area contributed by atoms with E-state index < -0.39 is 16.9 Å². The number of hydrogen-bond acceptors (Lipinski definition) is 7. The van der Waals surface area contributed by atoms with Gasteiger partial charge in [-0.1, -0.05) is 0 Å². The van der Waals surface area contributed by atoms with E-state index in [1.807, 2.05) is 0 Å². The highest BCUT2D eigenvalue weighted by molar-refractivity contribution is 5.91. The third-order valence-corrected chi connectivity index (χ3v) is 2.33. The van der Waals surface area contributed by atoms with Crippen molar-refractivity contribution < 1.29 is 19.5 Å². The van der Waals surface area contributed by atoms with Crippen LogP contribution in [0.15, 0.2) is 16.8 Å². The van der Waals surface area contributed by atoms with E-state index in [1.54, 1.807) is 0 Å². The van der Waals surface area contributed by atoms with E-state index in [9.17, 15) is 14.9 Å². The topological polar surface area (TPSA) is 131 Å². The largest absolute Gasteiger partial charge is 0.480 e. The average Bonchev–Trinajstić information content (AvgIpc) is 2.75. The van der Waals surface area contributed by atoms with Gasteiger partial charge in [0.05, 0.1) is 4.92 Å². The first-order valence-electron chi connectivity index (χ1n) is 4.89. The van der Waals surface area contributed by atoms with Crippen LogP contribution in [-0.4, -0.2) is 32.4 Å². The molecule has 18 heavy (non-hydrogen) atoms. The number of nitrogens with one attached hydrogen (secondary N) is 1. The lowest BCUT2D eigenvalue weighted by Gasteiger charge is -2.10. The third kappa shape index (κ3) is 1.93. The molecule has 0 aliphatic rings. The van der Waals surface area contributed by atoms with Crippen LogP contribution < -0.4 is 5.32 Å². The van der Waals surface area contributed by atoms with Crippen LogP contribution in [0.3, 0.4) is 0 Å². The maximum Gasteiger partial charge on any atom is 0.325 e. The zero-order valence-electron chi connectivity index (χ0n) is 9.15. The van der Waals surface area contributed by atoms with Crippen LogP contribution >= 0.6 is 0 Å². The van der Waals surface area contributed by atoms with Gasteiger partial charge in [0.25, 0.3) is 0 Å². The van der Waals surface area contributed by atoms with E-state index in [0.717, 1.165) is 0 Å². The Balaban J connectivity index is 2.52. The van der Waals surface area contributed by atoms with Gasteiger partial charge >= 0.3 is 11.7 Å². The van der Waals surface area contributed by atoms with Crippen molar-refractivity contribution in [1.82, 2.24) is 10.3 Å². The highest BCUT2D eigenvalue weighted by atomic mass is 16.6. The lowest BCUT2D eigenvalue weighted by molar-refractivity contribution is -0.382. The van der Waals surface area contributed by atoms with Gasteiger partial charge in [-0.25, -0.2) is 4.63 Å². The Morgan fingerprint density at radius 3 is 2.89 bits per heavy atom. The molecule has 0 radical (unpaired) electrons. The SMILES string of the molecule is C[C@H](Nc1ccc2nonc2c1[N+](=O)[O-])C(=O)O. The minimum atomic E-state index is -1.12. The van der Waals surface area contributed by atoms with Crippen LogP contribution in [0.25, 0.3) is 11.0 Å². The number of hydrogen-bond donors (Lipinski definition) is 2. The summed E-state index contributed by atoms with van der Waals surface area (Å²) in [4.78, 5) is 21.1. The molecule has 1 aromatic carbocycles. The average molecular weight is 252 g/mol. The number of aromatic nitrogens is 2. The lowest BCUT2D eigenvalue weighted by Crippen LogP contribution is -2.25. The van der Waals surface area contributed by atoms with Crippen molar-refractivity contribution in [3.8, 4) is 0 Å². The van der Waals surface area contributed by atoms with Crippen LogP contribution in [-0.2, 0) is 4.79 Å². The van der Waals surface area contributed by atoms with Crippen molar-refractivity contribution in [1.29, 1.82) is 0 Å². The van der Waals surface area contributed by atoms with Crippen molar-refractivity contribution in [2.45, 2.75) is 13.0 Å². The second kappa shape index (κ2) is 4.28. The molecule has 0 saturated heterocycles. The first-order valence-corrected chi connectivity index (χ1v) is 4.89. The van der Waals surface area contributed by atoms with Gasteiger partial charge in [-0.05, 0) is 29.4 Å². The second-order valence-electron chi connectivity index (χ2n) is 3.56. The predicted octanol–water partition coefficient (Wildman–Crippen LogP) is 1.02. The number of carboxylic acid groups (broad SMARTS) is 1. The number of nitro groups is 1. The number of nitro benzene ring substituents is 1. The molecule has 2 rings (SSSR count). The molecule has 2 aromatic rings. The molecule has 0 spiro atoms. The highest BCUT2D eigenvalue weighted by Gasteiger charge is 2.24. The molecule has 0 bridgehead atoms. The van der Waals surface area contributed by atoms with E-state index in [-0.39, 0.29) is 22.4 Å². The van der Waals surface area contributed by atoms with E-state index >= 15 is 0 Å². The molecule has 9 nitrogen and oxygen atoms in total. The normalized spacial score (nSPS) is 12.3. The molecular formula is C9H8N4O5. The van der Waals surface area contributed by atoms with Crippen LogP contribution in [0, 0.1) is 10.1 Å². The summed E-state index contributed by atoms with van der Waals surface area (Å²) in [5.74, 6) is -1.12. The van der Waals surface area contributed by atoms with Gasteiger partial charge < -0.3 is 10.4 Å². The quantitative estimate of drug-likeness (QED) is 0.608. The molecule has 1 aromatic heterocycles. The summed E-state index contributed by atoms with van der Waals surface area (Å²) in [7, 11) is 0. The molecule has 94 valence electrons. The molecule has 0 aliphatic heterocycles. The minimum Gasteiger partial charge on any atom is -0.480 e. The molecule has 0 saturated carbocycles. The molecule has 0 unspecified atom stereocenters. The monoisotopic (exact) mass is 252 g/mol. The number of benzene rings is 1. The summed E-state index contributed by atoms with van der Waals surface area (Å²) in [5.41, 5.74) is -0.0993. The summed E-state index contributed by atoms with van der Waals surface area (Å²) in [6.07, 6.45) is 0. The zero-order chi connectivity index (χ0) is 13.3. The summed E-state index contributed by atoms with van der Waals surface area (Å²) in [5, 5.41) is 29.2. The molecule has 0 amide bonds. The van der Waals surface area contributed by atoms with E-state index in [4.69, 9.17) is 5.11 Å². The Kier molecular flexibility index (Phi) is 2.80. The van der Waals surface area contributed by atoms with E-state index in [0.29, 0.717) is 0 Å². The van der Waals surface area contributed by atoms with E-state index in [2.05, 4.69) is 20.3 Å². The number of carbonyl (C=O) groups is 1.